The van der Waals surface area contributed by atoms with Gasteiger partial charge in [0.2, 0.25) is 16.2 Å². The van der Waals surface area contributed by atoms with E-state index in [1.165, 1.54) is 0 Å². The van der Waals surface area contributed by atoms with E-state index in [1.807, 2.05) is 0 Å². The highest BCUT2D eigenvalue weighted by molar-refractivity contribution is 6.35. The fourth-order valence-electron chi connectivity index (χ4n) is 3.57. The van der Waals surface area contributed by atoms with Gasteiger partial charge in [-0.25, -0.2) is 0 Å². The van der Waals surface area contributed by atoms with E-state index in [2.05, 4.69) is 28.4 Å². The molecule has 12 nitrogen and oxygen atoms in total. The maximum atomic E-state index is 12.7. The van der Waals surface area contributed by atoms with Crippen LogP contribution in [0.15, 0.2) is 0 Å². The van der Waals surface area contributed by atoms with Crippen LogP contribution in [0.1, 0.15) is 0 Å². The molecule has 150 valence electrons. The first-order valence-electron chi connectivity index (χ1n) is 7.15. The fraction of sp³-hybridized carbons (Fsp3) is 0.600. The molecule has 27 heavy (non-hydrogen) atoms. The van der Waals surface area contributed by atoms with E-state index in [9.17, 15) is 28.8 Å². The maximum Gasteiger partial charge on any atom is 0.327 e. The summed E-state index contributed by atoms with van der Waals surface area (Å²) in [6.07, 6.45) is 0. The van der Waals surface area contributed by atoms with E-state index in [-0.39, 0.29) is 0 Å². The summed E-state index contributed by atoms with van der Waals surface area (Å²) in [5, 5.41) is 0. The zero-order valence-electron chi connectivity index (χ0n) is 15.4. The number of ether oxygens (including phenoxy) is 6. The molecule has 1 fully saturated rings. The largest absolute Gasteiger partial charge is 0.468 e. The normalized spacial score (nSPS) is 17.6. The van der Waals surface area contributed by atoms with Crippen molar-refractivity contribution in [2.24, 2.45) is 16.2 Å². The Labute approximate surface area is 152 Å². The Morgan fingerprint density at radius 2 is 0.481 bits per heavy atom. The zero-order chi connectivity index (χ0) is 21.2. The van der Waals surface area contributed by atoms with Crippen LogP contribution >= 0.6 is 0 Å². The van der Waals surface area contributed by atoms with Gasteiger partial charge in [-0.3, -0.25) is 28.8 Å². The SMILES string of the molecule is COC(=O)C1(C(=O)OC)C(C(=O)OC)(C(=O)OC)C1(C(=O)OC)C(=O)OC. The molecule has 0 bridgehead atoms. The van der Waals surface area contributed by atoms with Gasteiger partial charge in [-0.15, -0.1) is 0 Å². The van der Waals surface area contributed by atoms with Gasteiger partial charge in [-0.2, -0.15) is 0 Å². The van der Waals surface area contributed by atoms with E-state index in [0.717, 1.165) is 42.7 Å². The molecule has 0 aliphatic heterocycles. The van der Waals surface area contributed by atoms with Gasteiger partial charge >= 0.3 is 35.8 Å². The van der Waals surface area contributed by atoms with Crippen molar-refractivity contribution in [2.45, 2.75) is 0 Å². The van der Waals surface area contributed by atoms with Crippen LogP contribution in [0.25, 0.3) is 0 Å². The first-order chi connectivity index (χ1) is 12.6. The molecule has 0 aromatic heterocycles. The Morgan fingerprint density at radius 3 is 0.556 bits per heavy atom. The number of esters is 6. The third-order valence-corrected chi connectivity index (χ3v) is 4.57. The van der Waals surface area contributed by atoms with Crippen LogP contribution < -0.4 is 0 Å². The molecule has 0 N–H and O–H groups in total. The predicted molar refractivity (Wildman–Crippen MR) is 79.4 cm³/mol. The average Bonchev–Trinajstić information content (AvgIpc) is 3.31. The minimum absolute atomic E-state index is 0.796. The lowest BCUT2D eigenvalue weighted by atomic mass is 9.92. The molecule has 0 amide bonds. The minimum atomic E-state index is -3.14. The Bertz CT molecular complexity index is 550. The number of hydrogen-bond acceptors (Lipinski definition) is 12. The van der Waals surface area contributed by atoms with Crippen LogP contribution in [0.5, 0.6) is 0 Å². The Kier molecular flexibility index (Phi) is 5.84. The molecule has 0 heterocycles. The van der Waals surface area contributed by atoms with Crippen molar-refractivity contribution < 1.29 is 57.2 Å². The second-order valence-corrected chi connectivity index (χ2v) is 5.20. The molecule has 0 aromatic rings. The molecule has 1 rings (SSSR count). The summed E-state index contributed by atoms with van der Waals surface area (Å²) in [6, 6.07) is 0. The maximum absolute atomic E-state index is 12.7. The van der Waals surface area contributed by atoms with E-state index in [0.29, 0.717) is 0 Å². The van der Waals surface area contributed by atoms with Crippen LogP contribution in [0.3, 0.4) is 0 Å². The monoisotopic (exact) mass is 390 g/mol. The summed E-state index contributed by atoms with van der Waals surface area (Å²) in [6.45, 7) is 0. The van der Waals surface area contributed by atoms with Crippen molar-refractivity contribution in [2.75, 3.05) is 42.7 Å². The highest BCUT2D eigenvalue weighted by atomic mass is 16.6. The van der Waals surface area contributed by atoms with Crippen molar-refractivity contribution in [1.29, 1.82) is 0 Å². The fourth-order valence-corrected chi connectivity index (χ4v) is 3.57. The molecule has 0 spiro atoms. The van der Waals surface area contributed by atoms with Crippen molar-refractivity contribution >= 4 is 35.8 Å². The van der Waals surface area contributed by atoms with Crippen LogP contribution in [-0.4, -0.2) is 78.5 Å². The molecular weight excluding hydrogens is 372 g/mol. The quantitative estimate of drug-likeness (QED) is 0.279. The lowest BCUT2D eigenvalue weighted by Crippen LogP contribution is -2.42. The van der Waals surface area contributed by atoms with Gasteiger partial charge in [0, 0.05) is 0 Å². The molecule has 0 aromatic carbocycles. The molecule has 0 radical (unpaired) electrons. The third kappa shape index (κ3) is 2.03. The number of carbonyl (C=O) groups excluding carboxylic acids is 6. The Hall–Kier alpha value is -3.18. The van der Waals surface area contributed by atoms with Crippen molar-refractivity contribution in [3.8, 4) is 0 Å². The second-order valence-electron chi connectivity index (χ2n) is 5.20. The molecule has 1 aliphatic carbocycles. The molecule has 1 saturated carbocycles. The zero-order valence-corrected chi connectivity index (χ0v) is 15.4. The van der Waals surface area contributed by atoms with Gasteiger partial charge in [0.05, 0.1) is 42.7 Å². The molecule has 12 heteroatoms. The molecule has 0 atom stereocenters. The van der Waals surface area contributed by atoms with Gasteiger partial charge < -0.3 is 28.4 Å². The average molecular weight is 390 g/mol. The highest BCUT2D eigenvalue weighted by Crippen LogP contribution is 2.81. The number of rotatable bonds is 6. The summed E-state index contributed by atoms with van der Waals surface area (Å²) in [5.41, 5.74) is -9.41. The predicted octanol–water partition coefficient (Wildman–Crippen LogP) is -2.00. The minimum Gasteiger partial charge on any atom is -0.468 e. The third-order valence-electron chi connectivity index (χ3n) is 4.57. The number of carbonyl (C=O) groups is 6. The van der Waals surface area contributed by atoms with E-state index < -0.39 is 52.1 Å². The standard InChI is InChI=1S/C15H18O12/c1-22-7(16)13(8(17)23-2)14(9(18)24-3,10(19)25-4)15(13,11(20)26-5)12(21)27-6/h1-6H3. The van der Waals surface area contributed by atoms with Crippen molar-refractivity contribution in [3.05, 3.63) is 0 Å². The number of hydrogen-bond donors (Lipinski definition) is 0. The molecule has 0 unspecified atom stereocenters. The summed E-state index contributed by atoms with van der Waals surface area (Å²) in [5.74, 6) is -9.66. The van der Waals surface area contributed by atoms with Gasteiger partial charge in [-0.05, 0) is 0 Å². The lowest BCUT2D eigenvalue weighted by Gasteiger charge is -2.17. The summed E-state index contributed by atoms with van der Waals surface area (Å²) < 4.78 is 27.1. The van der Waals surface area contributed by atoms with Gasteiger partial charge in [-0.1, -0.05) is 0 Å². The van der Waals surface area contributed by atoms with Gasteiger partial charge in [0.25, 0.3) is 0 Å². The van der Waals surface area contributed by atoms with E-state index in [1.54, 1.807) is 0 Å². The number of methoxy groups -OCH3 is 6. The van der Waals surface area contributed by atoms with Gasteiger partial charge in [0.15, 0.2) is 0 Å². The molecule has 1 aliphatic rings. The Balaban J connectivity index is 4.26. The topological polar surface area (TPSA) is 158 Å². The highest BCUT2D eigenvalue weighted by Gasteiger charge is 3.10. The van der Waals surface area contributed by atoms with Gasteiger partial charge in [0.1, 0.15) is 0 Å². The van der Waals surface area contributed by atoms with Crippen LogP contribution in [0.4, 0.5) is 0 Å². The Morgan fingerprint density at radius 1 is 0.370 bits per heavy atom. The van der Waals surface area contributed by atoms with Crippen LogP contribution in [0, 0.1) is 16.2 Å². The van der Waals surface area contributed by atoms with Crippen LogP contribution in [0.2, 0.25) is 0 Å². The lowest BCUT2D eigenvalue weighted by molar-refractivity contribution is -0.176. The molecular formula is C15H18O12. The second kappa shape index (κ2) is 7.21. The van der Waals surface area contributed by atoms with Crippen LogP contribution in [-0.2, 0) is 57.2 Å². The smallest absolute Gasteiger partial charge is 0.327 e. The summed E-state index contributed by atoms with van der Waals surface area (Å²) in [7, 11) is 4.77. The summed E-state index contributed by atoms with van der Waals surface area (Å²) in [4.78, 5) is 75.9. The molecule has 0 saturated heterocycles. The summed E-state index contributed by atoms with van der Waals surface area (Å²) >= 11 is 0. The van der Waals surface area contributed by atoms with Crippen molar-refractivity contribution in [1.82, 2.24) is 0 Å². The first kappa shape index (κ1) is 21.9. The van der Waals surface area contributed by atoms with E-state index in [4.69, 9.17) is 0 Å². The van der Waals surface area contributed by atoms with Crippen molar-refractivity contribution in [3.63, 3.8) is 0 Å². The first-order valence-corrected chi connectivity index (χ1v) is 7.15. The van der Waals surface area contributed by atoms with E-state index >= 15 is 0 Å².